The zero-order valence-electron chi connectivity index (χ0n) is 11.9. The molecule has 3 nitrogen and oxygen atoms in total. The van der Waals surface area contributed by atoms with Crippen LogP contribution in [-0.2, 0) is 6.54 Å². The smallest absolute Gasteiger partial charge is 0.0952 e. The molecule has 1 aromatic heterocycles. The van der Waals surface area contributed by atoms with Crippen molar-refractivity contribution < 1.29 is 0 Å². The highest BCUT2D eigenvalue weighted by molar-refractivity contribution is 4.98. The van der Waals surface area contributed by atoms with Crippen LogP contribution >= 0.6 is 0 Å². The topological polar surface area (TPSA) is 29.9 Å². The van der Waals surface area contributed by atoms with Crippen molar-refractivity contribution in [1.82, 2.24) is 14.9 Å². The quantitative estimate of drug-likeness (QED) is 0.788. The van der Waals surface area contributed by atoms with Crippen LogP contribution in [0.2, 0.25) is 0 Å². The number of hydrogen-bond acceptors (Lipinski definition) is 2. The summed E-state index contributed by atoms with van der Waals surface area (Å²) in [7, 11) is 0. The molecule has 1 rings (SSSR count). The Morgan fingerprint density at radius 2 is 1.88 bits per heavy atom. The van der Waals surface area contributed by atoms with Gasteiger partial charge in [-0.25, -0.2) is 4.98 Å². The Kier molecular flexibility index (Phi) is 5.69. The van der Waals surface area contributed by atoms with E-state index in [2.05, 4.69) is 55.7 Å². The molecular weight excluding hydrogens is 210 g/mol. The largest absolute Gasteiger partial charge is 0.334 e. The van der Waals surface area contributed by atoms with Crippen LogP contribution in [-0.4, -0.2) is 15.6 Å². The molecule has 0 fully saturated rings. The molecule has 17 heavy (non-hydrogen) atoms. The standard InChI is InChI=1S/C14H27N3/c1-6-13(7-2)12(5)17-9-14(16-10-17)8-15-11(3)4/h9-13,15H,6-8H2,1-5H3. The predicted octanol–water partition coefficient (Wildman–Crippen LogP) is 3.38. The number of nitrogens with zero attached hydrogens (tertiary/aromatic N) is 2. The summed E-state index contributed by atoms with van der Waals surface area (Å²) < 4.78 is 2.26. The second-order valence-electron chi connectivity index (χ2n) is 5.17. The zero-order valence-corrected chi connectivity index (χ0v) is 11.9. The first-order valence-electron chi connectivity index (χ1n) is 6.84. The van der Waals surface area contributed by atoms with Crippen LogP contribution in [0, 0.1) is 5.92 Å². The Morgan fingerprint density at radius 1 is 1.24 bits per heavy atom. The van der Waals surface area contributed by atoms with Crippen molar-refractivity contribution >= 4 is 0 Å². The maximum atomic E-state index is 4.46. The summed E-state index contributed by atoms with van der Waals surface area (Å²) >= 11 is 0. The molecule has 0 spiro atoms. The van der Waals surface area contributed by atoms with E-state index in [1.165, 1.54) is 12.8 Å². The molecule has 1 unspecified atom stereocenters. The SMILES string of the molecule is CCC(CC)C(C)n1cnc(CNC(C)C)c1. The highest BCUT2D eigenvalue weighted by atomic mass is 15.1. The Balaban J connectivity index is 2.60. The fourth-order valence-corrected chi connectivity index (χ4v) is 2.22. The van der Waals surface area contributed by atoms with Crippen LogP contribution in [0.4, 0.5) is 0 Å². The van der Waals surface area contributed by atoms with Crippen LogP contribution in [0.15, 0.2) is 12.5 Å². The first kappa shape index (κ1) is 14.2. The molecule has 0 aliphatic rings. The molecule has 1 atom stereocenters. The fraction of sp³-hybridized carbons (Fsp3) is 0.786. The predicted molar refractivity (Wildman–Crippen MR) is 73.0 cm³/mol. The molecule has 0 amide bonds. The molecule has 98 valence electrons. The molecule has 1 N–H and O–H groups in total. The van der Waals surface area contributed by atoms with Gasteiger partial charge in [-0.05, 0) is 12.8 Å². The van der Waals surface area contributed by atoms with E-state index >= 15 is 0 Å². The molecule has 1 aromatic rings. The normalized spacial score (nSPS) is 13.6. The van der Waals surface area contributed by atoms with Gasteiger partial charge in [0.15, 0.2) is 0 Å². The van der Waals surface area contributed by atoms with Crippen LogP contribution in [0.5, 0.6) is 0 Å². The Labute approximate surface area is 106 Å². The van der Waals surface area contributed by atoms with E-state index in [4.69, 9.17) is 0 Å². The van der Waals surface area contributed by atoms with E-state index in [0.717, 1.165) is 18.2 Å². The summed E-state index contributed by atoms with van der Waals surface area (Å²) in [5.41, 5.74) is 1.14. The number of hydrogen-bond donors (Lipinski definition) is 1. The highest BCUT2D eigenvalue weighted by Crippen LogP contribution is 2.23. The molecule has 0 aliphatic heterocycles. The van der Waals surface area contributed by atoms with E-state index < -0.39 is 0 Å². The van der Waals surface area contributed by atoms with Crippen molar-refractivity contribution in [2.24, 2.45) is 5.92 Å². The van der Waals surface area contributed by atoms with E-state index in [1.54, 1.807) is 0 Å². The average Bonchev–Trinajstić information content (AvgIpc) is 2.76. The van der Waals surface area contributed by atoms with Gasteiger partial charge in [0.05, 0.1) is 12.0 Å². The summed E-state index contributed by atoms with van der Waals surface area (Å²) in [4.78, 5) is 4.46. The molecule has 0 aromatic carbocycles. The van der Waals surface area contributed by atoms with Crippen LogP contribution in [0.25, 0.3) is 0 Å². The van der Waals surface area contributed by atoms with Crippen molar-refractivity contribution in [2.45, 2.75) is 66.1 Å². The first-order chi connectivity index (χ1) is 8.08. The third kappa shape index (κ3) is 4.15. The van der Waals surface area contributed by atoms with Crippen LogP contribution in [0.3, 0.4) is 0 Å². The lowest BCUT2D eigenvalue weighted by Gasteiger charge is -2.22. The van der Waals surface area contributed by atoms with Crippen molar-refractivity contribution in [2.75, 3.05) is 0 Å². The molecular formula is C14H27N3. The minimum absolute atomic E-state index is 0.511. The maximum Gasteiger partial charge on any atom is 0.0952 e. The number of nitrogens with one attached hydrogen (secondary N) is 1. The molecule has 0 saturated carbocycles. The van der Waals surface area contributed by atoms with Crippen molar-refractivity contribution in [3.63, 3.8) is 0 Å². The van der Waals surface area contributed by atoms with E-state index in [0.29, 0.717) is 12.1 Å². The Morgan fingerprint density at radius 3 is 2.41 bits per heavy atom. The first-order valence-corrected chi connectivity index (χ1v) is 6.84. The highest BCUT2D eigenvalue weighted by Gasteiger charge is 2.15. The minimum Gasteiger partial charge on any atom is -0.334 e. The average molecular weight is 237 g/mol. The van der Waals surface area contributed by atoms with Gasteiger partial charge >= 0.3 is 0 Å². The minimum atomic E-state index is 0.511. The van der Waals surface area contributed by atoms with Crippen molar-refractivity contribution in [3.05, 3.63) is 18.2 Å². The van der Waals surface area contributed by atoms with Crippen molar-refractivity contribution in [3.8, 4) is 0 Å². The Bertz CT molecular complexity index is 313. The molecule has 0 radical (unpaired) electrons. The molecule has 0 aliphatic carbocycles. The summed E-state index contributed by atoms with van der Waals surface area (Å²) in [5, 5.41) is 3.40. The van der Waals surface area contributed by atoms with Gasteiger partial charge in [-0.2, -0.15) is 0 Å². The summed E-state index contributed by atoms with van der Waals surface area (Å²) in [6, 6.07) is 1.06. The van der Waals surface area contributed by atoms with Gasteiger partial charge in [-0.1, -0.05) is 40.5 Å². The number of imidazole rings is 1. The van der Waals surface area contributed by atoms with E-state index in [9.17, 15) is 0 Å². The van der Waals surface area contributed by atoms with Crippen LogP contribution in [0.1, 0.15) is 59.2 Å². The lowest BCUT2D eigenvalue weighted by molar-refractivity contribution is 0.333. The van der Waals surface area contributed by atoms with Crippen molar-refractivity contribution in [1.29, 1.82) is 0 Å². The molecule has 3 heteroatoms. The number of aromatic nitrogens is 2. The lowest BCUT2D eigenvalue weighted by Crippen LogP contribution is -2.22. The molecule has 0 saturated heterocycles. The van der Waals surface area contributed by atoms with Gasteiger partial charge in [0, 0.05) is 24.8 Å². The monoisotopic (exact) mass is 237 g/mol. The van der Waals surface area contributed by atoms with Gasteiger partial charge in [-0.15, -0.1) is 0 Å². The summed E-state index contributed by atoms with van der Waals surface area (Å²) in [6.45, 7) is 12.0. The third-order valence-electron chi connectivity index (χ3n) is 3.55. The lowest BCUT2D eigenvalue weighted by atomic mass is 9.95. The second kappa shape index (κ2) is 6.80. The molecule has 0 bridgehead atoms. The Hall–Kier alpha value is -0.830. The van der Waals surface area contributed by atoms with Crippen LogP contribution < -0.4 is 5.32 Å². The third-order valence-corrected chi connectivity index (χ3v) is 3.55. The van der Waals surface area contributed by atoms with E-state index in [-0.39, 0.29) is 0 Å². The second-order valence-corrected chi connectivity index (χ2v) is 5.17. The van der Waals surface area contributed by atoms with Gasteiger partial charge < -0.3 is 9.88 Å². The summed E-state index contributed by atoms with van der Waals surface area (Å²) in [6.07, 6.45) is 6.61. The van der Waals surface area contributed by atoms with Gasteiger partial charge in [0.25, 0.3) is 0 Å². The number of rotatable bonds is 7. The fourth-order valence-electron chi connectivity index (χ4n) is 2.22. The maximum absolute atomic E-state index is 4.46. The van der Waals surface area contributed by atoms with Gasteiger partial charge in [0.1, 0.15) is 0 Å². The summed E-state index contributed by atoms with van der Waals surface area (Å²) in [5.74, 6) is 0.745. The van der Waals surface area contributed by atoms with E-state index in [1.807, 2.05) is 6.33 Å². The molecule has 1 heterocycles. The van der Waals surface area contributed by atoms with Gasteiger partial charge in [-0.3, -0.25) is 0 Å². The van der Waals surface area contributed by atoms with Gasteiger partial charge in [0.2, 0.25) is 0 Å². The zero-order chi connectivity index (χ0) is 12.8.